The van der Waals surface area contributed by atoms with Crippen molar-refractivity contribution in [2.24, 2.45) is 0 Å². The van der Waals surface area contributed by atoms with Crippen LogP contribution in [0.3, 0.4) is 0 Å². The van der Waals surface area contributed by atoms with E-state index in [0.29, 0.717) is 29.0 Å². The van der Waals surface area contributed by atoms with E-state index in [0.717, 1.165) is 6.07 Å². The Hall–Kier alpha value is -6.66. The monoisotopic (exact) mass is 752 g/mol. The van der Waals surface area contributed by atoms with Gasteiger partial charge in [0.05, 0.1) is 18.7 Å². The Bertz CT molecular complexity index is 1770. The molecule has 0 saturated carbocycles. The predicted octanol–water partition coefficient (Wildman–Crippen LogP) is -0.419. The molecule has 1 fully saturated rings. The summed E-state index contributed by atoms with van der Waals surface area (Å²) >= 11 is 0. The number of aryl methyl sites for hydroxylation is 1. The maximum absolute atomic E-state index is 12.9. The number of rotatable bonds is 20. The zero-order chi connectivity index (χ0) is 39.8. The van der Waals surface area contributed by atoms with Crippen LogP contribution < -0.4 is 26.6 Å². The van der Waals surface area contributed by atoms with Crippen LogP contribution in [0.15, 0.2) is 48.5 Å². The van der Waals surface area contributed by atoms with Gasteiger partial charge < -0.3 is 41.6 Å². The quantitative estimate of drug-likeness (QED) is 0.0669. The first kappa shape index (κ1) is 41.8. The molecule has 1 aliphatic rings. The van der Waals surface area contributed by atoms with Gasteiger partial charge in [0.2, 0.25) is 17.7 Å². The summed E-state index contributed by atoms with van der Waals surface area (Å²) in [6.07, 6.45) is -0.400. The molecule has 1 unspecified atom stereocenters. The van der Waals surface area contributed by atoms with Crippen molar-refractivity contribution >= 4 is 59.3 Å². The number of amides is 7. The molecule has 1 heterocycles. The zero-order valence-electron chi connectivity index (χ0n) is 29.2. The molecule has 2 atom stereocenters. The van der Waals surface area contributed by atoms with Gasteiger partial charge in [-0.15, -0.1) is 5.06 Å². The molecule has 0 aromatic heterocycles. The van der Waals surface area contributed by atoms with Gasteiger partial charge in [-0.25, -0.2) is 9.59 Å². The Morgan fingerprint density at radius 1 is 0.722 bits per heavy atom. The minimum Gasteiger partial charge on any atom is -0.481 e. The number of aliphatic carboxylic acids is 2. The highest BCUT2D eigenvalue weighted by molar-refractivity contribution is 6.04. The van der Waals surface area contributed by atoms with Gasteiger partial charge in [0.1, 0.15) is 12.1 Å². The number of nitrogens with one attached hydrogen (secondary N) is 5. The van der Waals surface area contributed by atoms with Crippen molar-refractivity contribution in [3.63, 3.8) is 0 Å². The lowest BCUT2D eigenvalue weighted by Crippen LogP contribution is -2.52. The van der Waals surface area contributed by atoms with Crippen LogP contribution in [0.25, 0.3) is 0 Å². The molecule has 3 rings (SSSR count). The van der Waals surface area contributed by atoms with Crippen molar-refractivity contribution in [2.75, 3.05) is 19.6 Å². The normalized spacial score (nSPS) is 13.2. The zero-order valence-corrected chi connectivity index (χ0v) is 29.2. The van der Waals surface area contributed by atoms with E-state index in [9.17, 15) is 53.1 Å². The molecule has 19 nitrogen and oxygen atoms in total. The van der Waals surface area contributed by atoms with Crippen LogP contribution in [0.2, 0.25) is 0 Å². The molecule has 19 heteroatoms. The lowest BCUT2D eigenvalue weighted by molar-refractivity contribution is -0.172. The van der Waals surface area contributed by atoms with E-state index in [1.807, 2.05) is 0 Å². The summed E-state index contributed by atoms with van der Waals surface area (Å²) in [4.78, 5) is 127. The number of carboxylic acid groups (broad SMARTS) is 2. The summed E-state index contributed by atoms with van der Waals surface area (Å²) in [7, 11) is 0. The van der Waals surface area contributed by atoms with Gasteiger partial charge in [0.25, 0.3) is 23.6 Å². The average molecular weight is 753 g/mol. The summed E-state index contributed by atoms with van der Waals surface area (Å²) in [6, 6.07) is 9.57. The smallest absolute Gasteiger partial charge is 0.363 e. The lowest BCUT2D eigenvalue weighted by Gasteiger charge is -2.19. The Morgan fingerprint density at radius 3 is 1.94 bits per heavy atom. The van der Waals surface area contributed by atoms with E-state index in [2.05, 4.69) is 26.6 Å². The first-order valence-electron chi connectivity index (χ1n) is 16.8. The van der Waals surface area contributed by atoms with Gasteiger partial charge in [0, 0.05) is 36.9 Å². The highest BCUT2D eigenvalue weighted by Crippen LogP contribution is 2.16. The van der Waals surface area contributed by atoms with E-state index in [1.165, 1.54) is 12.1 Å². The molecule has 2 aromatic rings. The molecule has 7 amide bonds. The molecule has 0 bridgehead atoms. The fourth-order valence-corrected chi connectivity index (χ4v) is 5.03. The molecular weight excluding hydrogens is 712 g/mol. The maximum atomic E-state index is 12.9. The number of carboxylic acids is 2. The second kappa shape index (κ2) is 20.4. The Balaban J connectivity index is 1.48. The van der Waals surface area contributed by atoms with E-state index in [1.54, 1.807) is 37.3 Å². The molecule has 2 aromatic carbocycles. The highest BCUT2D eigenvalue weighted by Gasteiger charge is 2.33. The third-order valence-electron chi connectivity index (χ3n) is 7.76. The third kappa shape index (κ3) is 13.5. The van der Waals surface area contributed by atoms with Gasteiger partial charge in [0.15, 0.2) is 0 Å². The molecule has 1 aliphatic heterocycles. The number of nitrogens with zero attached hydrogens (tertiary/aromatic N) is 1. The lowest BCUT2D eigenvalue weighted by atomic mass is 10.1. The molecule has 0 spiro atoms. The van der Waals surface area contributed by atoms with Crippen LogP contribution in [0, 0.1) is 6.92 Å². The largest absolute Gasteiger partial charge is 0.481 e. The molecular formula is C35H40N6O13. The Labute approximate surface area is 308 Å². The minimum absolute atomic E-state index is 0.0216. The van der Waals surface area contributed by atoms with Crippen molar-refractivity contribution in [2.45, 2.75) is 64.0 Å². The highest BCUT2D eigenvalue weighted by atomic mass is 16.7. The van der Waals surface area contributed by atoms with Crippen LogP contribution in [-0.4, -0.2) is 106 Å². The second-order valence-electron chi connectivity index (χ2n) is 12.1. The first-order valence-corrected chi connectivity index (χ1v) is 16.8. The van der Waals surface area contributed by atoms with Crippen molar-refractivity contribution < 1.29 is 63.0 Å². The first-order chi connectivity index (χ1) is 25.6. The van der Waals surface area contributed by atoms with E-state index in [-0.39, 0.29) is 42.8 Å². The van der Waals surface area contributed by atoms with Gasteiger partial charge in [-0.05, 0) is 68.5 Å². The van der Waals surface area contributed by atoms with Crippen LogP contribution in [0.5, 0.6) is 0 Å². The maximum Gasteiger partial charge on any atom is 0.363 e. The van der Waals surface area contributed by atoms with Crippen LogP contribution >= 0.6 is 0 Å². The third-order valence-corrected chi connectivity index (χ3v) is 7.76. The molecule has 54 heavy (non-hydrogen) atoms. The van der Waals surface area contributed by atoms with Gasteiger partial charge in [-0.3, -0.25) is 38.4 Å². The molecule has 288 valence electrons. The molecule has 0 aliphatic carbocycles. The summed E-state index contributed by atoms with van der Waals surface area (Å²) in [5.74, 6) is -8.93. The second-order valence-corrected chi connectivity index (χ2v) is 12.1. The molecule has 0 radical (unpaired) electrons. The van der Waals surface area contributed by atoms with Crippen LogP contribution in [-0.2, 0) is 38.4 Å². The van der Waals surface area contributed by atoms with Crippen molar-refractivity contribution in [3.05, 3.63) is 70.8 Å². The summed E-state index contributed by atoms with van der Waals surface area (Å²) in [5.41, 5.74) is 0.647. The fourth-order valence-electron chi connectivity index (χ4n) is 5.03. The summed E-state index contributed by atoms with van der Waals surface area (Å²) < 4.78 is 0. The topological polar surface area (TPSA) is 284 Å². The van der Waals surface area contributed by atoms with Crippen LogP contribution in [0.1, 0.15) is 81.6 Å². The Morgan fingerprint density at radius 2 is 1.31 bits per heavy atom. The predicted molar refractivity (Wildman–Crippen MR) is 184 cm³/mol. The average Bonchev–Trinajstić information content (AvgIpc) is 3.45. The van der Waals surface area contributed by atoms with E-state index < -0.39 is 91.4 Å². The fraction of sp³-hybridized carbons (Fsp3) is 0.371. The summed E-state index contributed by atoms with van der Waals surface area (Å²) in [6.45, 7) is 0.423. The Kier molecular flexibility index (Phi) is 15.8. The number of imide groups is 1. The standard InChI is InChI=1S/C35H40N6O13/c1-20-15-22(17-23(16-20)35(53)54-41-28(44)11-12-29(41)45)32(49)37-18-26(42)39-24(10-13-30(46)47)33(50)38-19-27(43)40-25(34(51)52)9-5-6-14-36-31(48)21-7-3-2-4-8-21/h2-4,7-8,15-17,24-25H,5-6,9-14,18-19H2,1H3,(H,36,48)(H,37,49)(H,38,50)(H,39,42)(H,40,43)(H,46,47)(H,51,52)/t24-,25?/m1/s1. The number of hydrogen-bond acceptors (Lipinski definition) is 11. The van der Waals surface area contributed by atoms with Gasteiger partial charge in [-0.1, -0.05) is 18.2 Å². The number of carbonyl (C=O) groups is 10. The number of benzene rings is 2. The molecule has 7 N–H and O–H groups in total. The summed E-state index contributed by atoms with van der Waals surface area (Å²) in [5, 5.41) is 30.8. The number of carbonyl (C=O) groups excluding carboxylic acids is 8. The van der Waals surface area contributed by atoms with E-state index in [4.69, 9.17) is 9.94 Å². The SMILES string of the molecule is Cc1cc(C(=O)NCC(=O)N[C@H](CCC(=O)O)C(=O)NCC(=O)NC(CCCCNC(=O)c2ccccc2)C(=O)O)cc(C(=O)ON2C(=O)CCC2=O)c1. The number of hydroxylamine groups is 2. The minimum atomic E-state index is -1.46. The van der Waals surface area contributed by atoms with E-state index >= 15 is 0 Å². The van der Waals surface area contributed by atoms with Crippen molar-refractivity contribution in [1.82, 2.24) is 31.6 Å². The van der Waals surface area contributed by atoms with Crippen molar-refractivity contribution in [1.29, 1.82) is 0 Å². The van der Waals surface area contributed by atoms with Gasteiger partial charge in [-0.2, -0.15) is 0 Å². The number of unbranched alkanes of at least 4 members (excludes halogenated alkanes) is 1. The van der Waals surface area contributed by atoms with Crippen molar-refractivity contribution in [3.8, 4) is 0 Å². The van der Waals surface area contributed by atoms with Crippen LogP contribution in [0.4, 0.5) is 0 Å². The molecule has 1 saturated heterocycles. The van der Waals surface area contributed by atoms with Gasteiger partial charge >= 0.3 is 17.9 Å². The number of hydrogen-bond donors (Lipinski definition) is 7.